The number of carbonyl (C=O) groups excluding carboxylic acids is 1. The maximum Gasteiger partial charge on any atom is 0.253 e. The third-order valence-electron chi connectivity index (χ3n) is 4.26. The van der Waals surface area contributed by atoms with E-state index in [9.17, 15) is 9.90 Å². The fraction of sp³-hybridized carbons (Fsp3) is 0.250. The zero-order valence-electron chi connectivity index (χ0n) is 14.1. The van der Waals surface area contributed by atoms with E-state index in [-0.39, 0.29) is 24.5 Å². The van der Waals surface area contributed by atoms with Crippen molar-refractivity contribution in [3.05, 3.63) is 66.2 Å². The Morgan fingerprint density at radius 1 is 1.16 bits per heavy atom. The molecular weight excluding hydrogens is 316 g/mol. The number of amides is 1. The van der Waals surface area contributed by atoms with Gasteiger partial charge in [0.15, 0.2) is 0 Å². The highest BCUT2D eigenvalue weighted by Crippen LogP contribution is 2.24. The minimum absolute atomic E-state index is 0.0429. The molecule has 130 valence electrons. The summed E-state index contributed by atoms with van der Waals surface area (Å²) in [7, 11) is 1.63. The van der Waals surface area contributed by atoms with E-state index < -0.39 is 0 Å². The molecule has 0 saturated carbocycles. The lowest BCUT2D eigenvalue weighted by molar-refractivity contribution is 0.0942. The molecule has 0 fully saturated rings. The Bertz CT molecular complexity index is 756. The molecule has 25 heavy (non-hydrogen) atoms. The first-order valence-electron chi connectivity index (χ1n) is 8.29. The van der Waals surface area contributed by atoms with Gasteiger partial charge in [-0.25, -0.2) is 0 Å². The maximum absolute atomic E-state index is 12.6. The summed E-state index contributed by atoms with van der Waals surface area (Å²) in [6.07, 6.45) is 4.63. The monoisotopic (exact) mass is 338 g/mol. The third kappa shape index (κ3) is 4.19. The quantitative estimate of drug-likeness (QED) is 0.708. The summed E-state index contributed by atoms with van der Waals surface area (Å²) in [6.45, 7) is 0.110. The normalized spacial score (nSPS) is 18.8. The van der Waals surface area contributed by atoms with Crippen LogP contribution in [0.25, 0.3) is 0 Å². The van der Waals surface area contributed by atoms with Crippen molar-refractivity contribution < 1.29 is 14.6 Å². The lowest BCUT2D eigenvalue weighted by Gasteiger charge is -2.16. The molecule has 0 heterocycles. The van der Waals surface area contributed by atoms with Crippen molar-refractivity contribution in [1.29, 1.82) is 0 Å². The highest BCUT2D eigenvalue weighted by Gasteiger charge is 2.21. The predicted molar refractivity (Wildman–Crippen MR) is 98.3 cm³/mol. The van der Waals surface area contributed by atoms with Crippen LogP contribution < -0.4 is 15.4 Å². The summed E-state index contributed by atoms with van der Waals surface area (Å²) in [5.74, 6) is 0.769. The van der Waals surface area contributed by atoms with E-state index in [0.29, 0.717) is 5.56 Å². The van der Waals surface area contributed by atoms with Crippen LogP contribution in [0.3, 0.4) is 0 Å². The summed E-state index contributed by atoms with van der Waals surface area (Å²) in [4.78, 5) is 12.6. The number of aliphatic hydroxyl groups excluding tert-OH is 1. The van der Waals surface area contributed by atoms with Gasteiger partial charge in [-0.15, -0.1) is 0 Å². The Kier molecular flexibility index (Phi) is 5.36. The van der Waals surface area contributed by atoms with Crippen molar-refractivity contribution in [2.24, 2.45) is 5.92 Å². The Morgan fingerprint density at radius 2 is 1.92 bits per heavy atom. The van der Waals surface area contributed by atoms with Crippen LogP contribution >= 0.6 is 0 Å². The molecule has 0 saturated heterocycles. The van der Waals surface area contributed by atoms with Crippen molar-refractivity contribution >= 4 is 17.3 Å². The predicted octanol–water partition coefficient (Wildman–Crippen LogP) is 3.11. The van der Waals surface area contributed by atoms with Crippen LogP contribution in [-0.2, 0) is 0 Å². The Labute approximate surface area is 147 Å². The number of carbonyl (C=O) groups is 1. The highest BCUT2D eigenvalue weighted by molar-refractivity contribution is 6.00. The number of rotatable bonds is 6. The third-order valence-corrected chi connectivity index (χ3v) is 4.26. The largest absolute Gasteiger partial charge is 0.497 e. The van der Waals surface area contributed by atoms with E-state index in [0.717, 1.165) is 23.5 Å². The Morgan fingerprint density at radius 3 is 2.60 bits per heavy atom. The number of hydrogen-bond acceptors (Lipinski definition) is 4. The van der Waals surface area contributed by atoms with Crippen LogP contribution in [0.2, 0.25) is 0 Å². The van der Waals surface area contributed by atoms with Crippen molar-refractivity contribution in [1.82, 2.24) is 5.32 Å². The van der Waals surface area contributed by atoms with Gasteiger partial charge in [-0.2, -0.15) is 0 Å². The molecule has 0 radical (unpaired) electrons. The second-order valence-electron chi connectivity index (χ2n) is 6.04. The Hall–Kier alpha value is -2.79. The molecule has 5 nitrogen and oxygen atoms in total. The molecule has 5 heteroatoms. The first kappa shape index (κ1) is 17.0. The van der Waals surface area contributed by atoms with Gasteiger partial charge in [-0.05, 0) is 42.8 Å². The lowest BCUT2D eigenvalue weighted by atomic mass is 10.1. The zero-order valence-corrected chi connectivity index (χ0v) is 14.1. The number of nitrogens with one attached hydrogen (secondary N) is 2. The van der Waals surface area contributed by atoms with Gasteiger partial charge in [-0.3, -0.25) is 4.79 Å². The molecule has 0 bridgehead atoms. The van der Waals surface area contributed by atoms with E-state index in [1.54, 1.807) is 13.2 Å². The molecule has 2 atom stereocenters. The van der Waals surface area contributed by atoms with Crippen LogP contribution in [0, 0.1) is 5.92 Å². The van der Waals surface area contributed by atoms with Gasteiger partial charge >= 0.3 is 0 Å². The lowest BCUT2D eigenvalue weighted by Crippen LogP contribution is -2.33. The fourth-order valence-electron chi connectivity index (χ4n) is 2.88. The number of aliphatic hydroxyl groups is 1. The summed E-state index contributed by atoms with van der Waals surface area (Å²) in [5.41, 5.74) is 2.20. The molecule has 0 unspecified atom stereocenters. The molecule has 1 aliphatic rings. The summed E-state index contributed by atoms with van der Waals surface area (Å²) in [6, 6.07) is 14.9. The molecule has 0 aliphatic heterocycles. The van der Waals surface area contributed by atoms with Gasteiger partial charge in [0, 0.05) is 24.3 Å². The van der Waals surface area contributed by atoms with Gasteiger partial charge in [0.25, 0.3) is 5.91 Å². The molecule has 2 aromatic carbocycles. The molecule has 1 aliphatic carbocycles. The summed E-state index contributed by atoms with van der Waals surface area (Å²) in [5, 5.41) is 15.5. The average Bonchev–Trinajstić information content (AvgIpc) is 3.10. The molecular formula is C20H22N2O3. The van der Waals surface area contributed by atoms with Crippen LogP contribution in [0.15, 0.2) is 60.7 Å². The second-order valence-corrected chi connectivity index (χ2v) is 6.04. The first-order valence-corrected chi connectivity index (χ1v) is 8.29. The highest BCUT2D eigenvalue weighted by atomic mass is 16.5. The number of para-hydroxylation sites is 1. The van der Waals surface area contributed by atoms with E-state index in [1.165, 1.54) is 0 Å². The maximum atomic E-state index is 12.6. The molecule has 0 aromatic heterocycles. The number of ether oxygens (including phenoxy) is 1. The van der Waals surface area contributed by atoms with Crippen molar-refractivity contribution in [2.45, 2.75) is 12.5 Å². The van der Waals surface area contributed by atoms with Crippen LogP contribution in [0.5, 0.6) is 5.75 Å². The molecule has 0 spiro atoms. The van der Waals surface area contributed by atoms with Crippen LogP contribution in [-0.4, -0.2) is 30.8 Å². The van der Waals surface area contributed by atoms with Gasteiger partial charge in [0.05, 0.1) is 18.4 Å². The minimum atomic E-state index is -0.134. The summed E-state index contributed by atoms with van der Waals surface area (Å²) < 4.78 is 5.16. The first-order chi connectivity index (χ1) is 12.2. The SMILES string of the molecule is COc1ccc(Nc2ccccc2C(=O)N[C@@H]2C=C[C@H](CO)C2)cc1. The van der Waals surface area contributed by atoms with Crippen molar-refractivity contribution in [3.63, 3.8) is 0 Å². The van der Waals surface area contributed by atoms with Crippen molar-refractivity contribution in [2.75, 3.05) is 19.0 Å². The van der Waals surface area contributed by atoms with E-state index in [1.807, 2.05) is 54.6 Å². The Balaban J connectivity index is 1.71. The molecule has 3 rings (SSSR count). The van der Waals surface area contributed by atoms with Crippen LogP contribution in [0.4, 0.5) is 11.4 Å². The number of methoxy groups -OCH3 is 1. The number of anilines is 2. The molecule has 2 aromatic rings. The molecule has 1 amide bonds. The number of hydrogen-bond donors (Lipinski definition) is 3. The van der Waals surface area contributed by atoms with Gasteiger partial charge in [-0.1, -0.05) is 24.3 Å². The smallest absolute Gasteiger partial charge is 0.253 e. The number of benzene rings is 2. The van der Waals surface area contributed by atoms with Crippen molar-refractivity contribution in [3.8, 4) is 5.75 Å². The van der Waals surface area contributed by atoms with Crippen LogP contribution in [0.1, 0.15) is 16.8 Å². The van der Waals surface area contributed by atoms with E-state index in [4.69, 9.17) is 4.74 Å². The van der Waals surface area contributed by atoms with Gasteiger partial charge in [0.2, 0.25) is 0 Å². The second kappa shape index (κ2) is 7.85. The fourth-order valence-corrected chi connectivity index (χ4v) is 2.88. The standard InChI is InChI=1S/C20H22N2O3/c1-25-17-10-8-15(9-11-17)21-19-5-3-2-4-18(19)20(24)22-16-7-6-14(12-16)13-23/h2-11,14,16,21,23H,12-13H2,1H3,(H,22,24)/t14-,16+/m0/s1. The van der Waals surface area contributed by atoms with Gasteiger partial charge < -0.3 is 20.5 Å². The zero-order chi connectivity index (χ0) is 17.6. The van der Waals surface area contributed by atoms with Gasteiger partial charge in [0.1, 0.15) is 5.75 Å². The van der Waals surface area contributed by atoms with E-state index in [2.05, 4.69) is 10.6 Å². The average molecular weight is 338 g/mol. The summed E-state index contributed by atoms with van der Waals surface area (Å²) >= 11 is 0. The minimum Gasteiger partial charge on any atom is -0.497 e. The molecule has 3 N–H and O–H groups in total. The topological polar surface area (TPSA) is 70.6 Å². The van der Waals surface area contributed by atoms with E-state index >= 15 is 0 Å².